The van der Waals surface area contributed by atoms with Gasteiger partial charge in [-0.15, -0.1) is 0 Å². The van der Waals surface area contributed by atoms with Gasteiger partial charge in [0.25, 0.3) is 5.91 Å². The highest BCUT2D eigenvalue weighted by Crippen LogP contribution is 2.23. The summed E-state index contributed by atoms with van der Waals surface area (Å²) in [7, 11) is 1.58. The van der Waals surface area contributed by atoms with Crippen LogP contribution in [0.4, 0.5) is 5.69 Å². The van der Waals surface area contributed by atoms with Crippen LogP contribution in [0.15, 0.2) is 18.2 Å². The number of nitrogen functional groups attached to an aromatic ring is 1. The zero-order valence-corrected chi connectivity index (χ0v) is 11.0. The second-order valence-electron chi connectivity index (χ2n) is 4.84. The quantitative estimate of drug-likeness (QED) is 0.817. The molecule has 4 nitrogen and oxygen atoms in total. The lowest BCUT2D eigenvalue weighted by Crippen LogP contribution is -2.42. The molecule has 1 unspecified atom stereocenters. The monoisotopic (exact) mass is 248 g/mol. The Labute approximate surface area is 108 Å². The van der Waals surface area contributed by atoms with Gasteiger partial charge >= 0.3 is 0 Å². The third-order valence-corrected chi connectivity index (χ3v) is 3.48. The number of nitrogens with zero attached hydrogens (tertiary/aromatic N) is 1. The second-order valence-corrected chi connectivity index (χ2v) is 4.84. The molecule has 1 amide bonds. The first kappa shape index (κ1) is 12.7. The van der Waals surface area contributed by atoms with Gasteiger partial charge in [0.15, 0.2) is 0 Å². The van der Waals surface area contributed by atoms with Crippen LogP contribution in [0.3, 0.4) is 0 Å². The van der Waals surface area contributed by atoms with E-state index in [1.807, 2.05) is 4.90 Å². The molecule has 0 bridgehead atoms. The Balaban J connectivity index is 2.24. The molecule has 0 radical (unpaired) electrons. The molecule has 1 aromatic carbocycles. The van der Waals surface area contributed by atoms with Gasteiger partial charge in [-0.25, -0.2) is 0 Å². The van der Waals surface area contributed by atoms with E-state index in [1.165, 1.54) is 6.42 Å². The smallest absolute Gasteiger partial charge is 0.254 e. The number of nitrogens with two attached hydrogens (primary N) is 1. The molecule has 2 N–H and O–H groups in total. The largest absolute Gasteiger partial charge is 0.497 e. The van der Waals surface area contributed by atoms with Crippen LogP contribution in [0.5, 0.6) is 5.75 Å². The summed E-state index contributed by atoms with van der Waals surface area (Å²) < 4.78 is 5.15. The van der Waals surface area contributed by atoms with Crippen molar-refractivity contribution in [2.75, 3.05) is 19.4 Å². The number of methoxy groups -OCH3 is 1. The van der Waals surface area contributed by atoms with Gasteiger partial charge in [-0.3, -0.25) is 4.79 Å². The summed E-state index contributed by atoms with van der Waals surface area (Å²) in [6, 6.07) is 5.49. The average molecular weight is 248 g/mol. The van der Waals surface area contributed by atoms with Crippen LogP contribution in [0.2, 0.25) is 0 Å². The van der Waals surface area contributed by atoms with Gasteiger partial charge in [-0.2, -0.15) is 0 Å². The van der Waals surface area contributed by atoms with E-state index in [1.54, 1.807) is 25.3 Å². The molecule has 0 aliphatic carbocycles. The molecule has 2 rings (SSSR count). The molecule has 1 aromatic rings. The van der Waals surface area contributed by atoms with Gasteiger partial charge in [-0.05, 0) is 38.3 Å². The van der Waals surface area contributed by atoms with Crippen molar-refractivity contribution in [2.45, 2.75) is 32.2 Å². The minimum absolute atomic E-state index is 0.0489. The number of hydrogen-bond donors (Lipinski definition) is 1. The lowest BCUT2D eigenvalue weighted by Gasteiger charge is -2.33. The highest BCUT2D eigenvalue weighted by Gasteiger charge is 2.24. The van der Waals surface area contributed by atoms with Crippen molar-refractivity contribution in [3.8, 4) is 5.75 Å². The predicted octanol–water partition coefficient (Wildman–Crippen LogP) is 2.29. The van der Waals surface area contributed by atoms with E-state index in [9.17, 15) is 4.79 Å². The van der Waals surface area contributed by atoms with Crippen LogP contribution < -0.4 is 10.5 Å². The number of ether oxygens (including phenoxy) is 1. The third kappa shape index (κ3) is 2.58. The molecule has 18 heavy (non-hydrogen) atoms. The summed E-state index contributed by atoms with van der Waals surface area (Å²) in [6.45, 7) is 2.93. The van der Waals surface area contributed by atoms with Gasteiger partial charge in [0.2, 0.25) is 0 Å². The average Bonchev–Trinajstić information content (AvgIpc) is 2.37. The Kier molecular flexibility index (Phi) is 3.75. The maximum atomic E-state index is 12.4. The number of likely N-dealkylation sites (tertiary alicyclic amines) is 1. The van der Waals surface area contributed by atoms with Gasteiger partial charge in [0.05, 0.1) is 7.11 Å². The molecule has 4 heteroatoms. The summed E-state index contributed by atoms with van der Waals surface area (Å²) in [5, 5.41) is 0. The zero-order chi connectivity index (χ0) is 13.1. The van der Waals surface area contributed by atoms with Gasteiger partial charge in [0, 0.05) is 29.9 Å². The fraction of sp³-hybridized carbons (Fsp3) is 0.500. The van der Waals surface area contributed by atoms with Crippen molar-refractivity contribution in [3.05, 3.63) is 23.8 Å². The molecule has 1 atom stereocenters. The van der Waals surface area contributed by atoms with Crippen LogP contribution >= 0.6 is 0 Å². The molecule has 0 spiro atoms. The standard InChI is InChI=1S/C14H20N2O2/c1-10-5-3-4-6-16(10)14(17)11-7-12(15)9-13(8-11)18-2/h7-10H,3-6,15H2,1-2H3. The predicted molar refractivity (Wildman–Crippen MR) is 71.8 cm³/mol. The summed E-state index contributed by atoms with van der Waals surface area (Å²) in [5.41, 5.74) is 6.96. The van der Waals surface area contributed by atoms with Crippen LogP contribution in [-0.4, -0.2) is 30.5 Å². The zero-order valence-electron chi connectivity index (χ0n) is 11.0. The van der Waals surface area contributed by atoms with Gasteiger partial charge in [0.1, 0.15) is 5.75 Å². The molecule has 1 heterocycles. The van der Waals surface area contributed by atoms with Crippen molar-refractivity contribution in [2.24, 2.45) is 0 Å². The fourth-order valence-corrected chi connectivity index (χ4v) is 2.43. The summed E-state index contributed by atoms with van der Waals surface area (Å²) in [4.78, 5) is 14.4. The van der Waals surface area contributed by atoms with Crippen molar-refractivity contribution >= 4 is 11.6 Å². The van der Waals surface area contributed by atoms with Crippen molar-refractivity contribution in [1.82, 2.24) is 4.90 Å². The first-order valence-electron chi connectivity index (χ1n) is 6.37. The van der Waals surface area contributed by atoms with Gasteiger partial charge in [-0.1, -0.05) is 0 Å². The van der Waals surface area contributed by atoms with E-state index in [4.69, 9.17) is 10.5 Å². The molecule has 0 saturated carbocycles. The highest BCUT2D eigenvalue weighted by atomic mass is 16.5. The molecule has 1 saturated heterocycles. The van der Waals surface area contributed by atoms with E-state index in [0.717, 1.165) is 19.4 Å². The summed E-state index contributed by atoms with van der Waals surface area (Å²) in [6.07, 6.45) is 3.35. The van der Waals surface area contributed by atoms with E-state index >= 15 is 0 Å². The summed E-state index contributed by atoms with van der Waals surface area (Å²) >= 11 is 0. The maximum Gasteiger partial charge on any atom is 0.254 e. The normalized spacial score (nSPS) is 19.7. The molecular weight excluding hydrogens is 228 g/mol. The summed E-state index contributed by atoms with van der Waals surface area (Å²) in [5.74, 6) is 0.677. The first-order chi connectivity index (χ1) is 8.61. The Morgan fingerprint density at radius 2 is 2.17 bits per heavy atom. The number of hydrogen-bond acceptors (Lipinski definition) is 3. The van der Waals surface area contributed by atoms with Crippen molar-refractivity contribution < 1.29 is 9.53 Å². The molecule has 98 valence electrons. The minimum atomic E-state index is 0.0489. The fourth-order valence-electron chi connectivity index (χ4n) is 2.43. The number of carbonyl (C=O) groups excluding carboxylic acids is 1. The number of rotatable bonds is 2. The molecule has 1 aliphatic heterocycles. The molecule has 0 aromatic heterocycles. The Bertz CT molecular complexity index is 445. The Morgan fingerprint density at radius 1 is 1.39 bits per heavy atom. The maximum absolute atomic E-state index is 12.4. The van der Waals surface area contributed by atoms with E-state index in [0.29, 0.717) is 23.0 Å². The van der Waals surface area contributed by atoms with E-state index < -0.39 is 0 Å². The van der Waals surface area contributed by atoms with Crippen molar-refractivity contribution in [1.29, 1.82) is 0 Å². The van der Waals surface area contributed by atoms with Crippen LogP contribution in [0.1, 0.15) is 36.5 Å². The third-order valence-electron chi connectivity index (χ3n) is 3.48. The van der Waals surface area contributed by atoms with Crippen LogP contribution in [0.25, 0.3) is 0 Å². The first-order valence-corrected chi connectivity index (χ1v) is 6.37. The van der Waals surface area contributed by atoms with Gasteiger partial charge < -0.3 is 15.4 Å². The lowest BCUT2D eigenvalue weighted by atomic mass is 10.0. The number of benzene rings is 1. The second kappa shape index (κ2) is 5.29. The topological polar surface area (TPSA) is 55.6 Å². The highest BCUT2D eigenvalue weighted by molar-refractivity contribution is 5.95. The SMILES string of the molecule is COc1cc(N)cc(C(=O)N2CCCCC2C)c1. The molecule has 1 fully saturated rings. The number of amides is 1. The molecule has 1 aliphatic rings. The Hall–Kier alpha value is -1.71. The van der Waals surface area contributed by atoms with Crippen LogP contribution in [-0.2, 0) is 0 Å². The van der Waals surface area contributed by atoms with E-state index in [-0.39, 0.29) is 5.91 Å². The number of carbonyl (C=O) groups is 1. The van der Waals surface area contributed by atoms with Crippen LogP contribution in [0, 0.1) is 0 Å². The van der Waals surface area contributed by atoms with Crippen molar-refractivity contribution in [3.63, 3.8) is 0 Å². The Morgan fingerprint density at radius 3 is 2.83 bits per heavy atom. The molecular formula is C14H20N2O2. The number of piperidine rings is 1. The number of anilines is 1. The van der Waals surface area contributed by atoms with E-state index in [2.05, 4.69) is 6.92 Å². The lowest BCUT2D eigenvalue weighted by molar-refractivity contribution is 0.0635. The minimum Gasteiger partial charge on any atom is -0.497 e.